The molecular formula is C28H28F3N9O. The van der Waals surface area contributed by atoms with Gasteiger partial charge >= 0.3 is 6.18 Å². The van der Waals surface area contributed by atoms with Gasteiger partial charge in [0, 0.05) is 55.4 Å². The lowest BCUT2D eigenvalue weighted by Crippen LogP contribution is -2.47. The molecule has 0 radical (unpaired) electrons. The van der Waals surface area contributed by atoms with Gasteiger partial charge in [-0.1, -0.05) is 12.1 Å². The molecule has 0 saturated carbocycles. The molecule has 41 heavy (non-hydrogen) atoms. The minimum atomic E-state index is -4.54. The van der Waals surface area contributed by atoms with Crippen molar-refractivity contribution in [1.29, 1.82) is 0 Å². The van der Waals surface area contributed by atoms with Gasteiger partial charge in [0.15, 0.2) is 0 Å². The van der Waals surface area contributed by atoms with Crippen LogP contribution in [0.1, 0.15) is 21.5 Å². The third kappa shape index (κ3) is 6.94. The number of hydrogen-bond donors (Lipinski definition) is 3. The number of likely N-dealkylation sites (N-methyl/N-ethyl adjacent to an activating group) is 1. The molecule has 0 unspecified atom stereocenters. The molecule has 0 bridgehead atoms. The number of alkyl halides is 3. The van der Waals surface area contributed by atoms with Crippen LogP contribution in [-0.4, -0.2) is 69.0 Å². The number of amides is 1. The molecule has 1 aliphatic rings. The van der Waals surface area contributed by atoms with Crippen molar-refractivity contribution in [3.63, 3.8) is 0 Å². The predicted octanol–water partition coefficient (Wildman–Crippen LogP) is 4.83. The van der Waals surface area contributed by atoms with Crippen LogP contribution in [0.2, 0.25) is 0 Å². The maximum Gasteiger partial charge on any atom is 0.416 e. The molecule has 1 fully saturated rings. The second-order valence-electron chi connectivity index (χ2n) is 9.66. The average molecular weight is 564 g/mol. The highest BCUT2D eigenvalue weighted by molar-refractivity contribution is 6.04. The number of hydrogen-bond acceptors (Lipinski definition) is 9. The van der Waals surface area contributed by atoms with E-state index in [1.807, 2.05) is 13.0 Å². The summed E-state index contributed by atoms with van der Waals surface area (Å²) in [5.41, 5.74) is 5.47. The summed E-state index contributed by atoms with van der Waals surface area (Å²) in [5, 5.41) is 8.06. The summed E-state index contributed by atoms with van der Waals surface area (Å²) in [6, 6.07) is 11.3. The number of nitrogens with zero attached hydrogens (tertiary/aromatic N) is 6. The fraction of sp³-hybridized carbons (Fsp3) is 0.250. The molecule has 0 atom stereocenters. The zero-order valence-corrected chi connectivity index (χ0v) is 22.4. The lowest BCUT2D eigenvalue weighted by atomic mass is 10.1. The van der Waals surface area contributed by atoms with E-state index in [1.54, 1.807) is 24.4 Å². The van der Waals surface area contributed by atoms with Crippen molar-refractivity contribution in [1.82, 2.24) is 29.8 Å². The minimum absolute atomic E-state index is 0.0993. The monoisotopic (exact) mass is 563 g/mol. The van der Waals surface area contributed by atoms with Crippen molar-refractivity contribution in [2.24, 2.45) is 0 Å². The van der Waals surface area contributed by atoms with Crippen molar-refractivity contribution in [2.75, 3.05) is 49.3 Å². The van der Waals surface area contributed by atoms with Crippen molar-refractivity contribution >= 4 is 28.9 Å². The van der Waals surface area contributed by atoms with Gasteiger partial charge in [0.1, 0.15) is 24.3 Å². The summed E-state index contributed by atoms with van der Waals surface area (Å²) in [5.74, 6) is 0.466. The number of piperazine rings is 1. The molecule has 13 heteroatoms. The number of carbonyl (C=O) groups excluding carboxylic acids is 1. The normalized spacial score (nSPS) is 14.5. The van der Waals surface area contributed by atoms with Gasteiger partial charge in [-0.3, -0.25) is 4.79 Å². The molecule has 2 aromatic heterocycles. The molecule has 1 amide bonds. The molecule has 0 aliphatic carbocycles. The standard InChI is InChI=1S/C28H28F3N9O/c1-18-6-7-21(36-27(41)19-4-3-5-20(12-19)28(29,30)31)13-23(18)37-26-22(15-32-16-35-26)24-14-25(34-17-33-24)38-40-10-8-39(2)9-11-40/h3-7,12-17H,8-11H2,1-2H3,(H,36,41)(H,32,35,37)(H,33,34,38). The molecule has 0 spiro atoms. The fourth-order valence-corrected chi connectivity index (χ4v) is 4.26. The summed E-state index contributed by atoms with van der Waals surface area (Å²) in [7, 11) is 2.09. The number of halogens is 3. The Morgan fingerprint density at radius 3 is 2.54 bits per heavy atom. The second-order valence-corrected chi connectivity index (χ2v) is 9.66. The number of benzene rings is 2. The molecule has 3 heterocycles. The van der Waals surface area contributed by atoms with E-state index < -0.39 is 17.6 Å². The Labute approximate surface area is 234 Å². The van der Waals surface area contributed by atoms with Crippen LogP contribution in [-0.2, 0) is 6.18 Å². The van der Waals surface area contributed by atoms with Gasteiger partial charge in [-0.2, -0.15) is 13.2 Å². The minimum Gasteiger partial charge on any atom is -0.339 e. The first-order chi connectivity index (χ1) is 19.7. The first-order valence-corrected chi connectivity index (χ1v) is 12.8. The third-order valence-electron chi connectivity index (χ3n) is 6.63. The molecule has 3 N–H and O–H groups in total. The van der Waals surface area contributed by atoms with E-state index in [0.29, 0.717) is 34.3 Å². The Kier molecular flexibility index (Phi) is 8.08. The number of aromatic nitrogens is 4. The Morgan fingerprint density at radius 1 is 0.951 bits per heavy atom. The molecule has 212 valence electrons. The topological polar surface area (TPSA) is 111 Å². The fourth-order valence-electron chi connectivity index (χ4n) is 4.26. The molecule has 1 aliphatic heterocycles. The maximum atomic E-state index is 13.1. The van der Waals surface area contributed by atoms with Gasteiger partial charge in [0.05, 0.1) is 16.8 Å². The summed E-state index contributed by atoms with van der Waals surface area (Å²) in [4.78, 5) is 32.3. The average Bonchev–Trinajstić information content (AvgIpc) is 2.96. The molecular weight excluding hydrogens is 535 g/mol. The summed E-state index contributed by atoms with van der Waals surface area (Å²) >= 11 is 0. The van der Waals surface area contributed by atoms with Crippen LogP contribution in [0.5, 0.6) is 0 Å². The number of aryl methyl sites for hydroxylation is 1. The summed E-state index contributed by atoms with van der Waals surface area (Å²) in [6.45, 7) is 5.49. The van der Waals surface area contributed by atoms with Crippen molar-refractivity contribution in [2.45, 2.75) is 13.1 Å². The van der Waals surface area contributed by atoms with E-state index in [1.165, 1.54) is 24.8 Å². The quantitative estimate of drug-likeness (QED) is 0.291. The molecule has 1 saturated heterocycles. The predicted molar refractivity (Wildman–Crippen MR) is 150 cm³/mol. The Balaban J connectivity index is 1.34. The Hall–Kier alpha value is -4.62. The van der Waals surface area contributed by atoms with Crippen LogP contribution in [0.15, 0.2) is 67.4 Å². The van der Waals surface area contributed by atoms with E-state index in [0.717, 1.165) is 43.9 Å². The van der Waals surface area contributed by atoms with E-state index in [4.69, 9.17) is 0 Å². The maximum absolute atomic E-state index is 13.1. The van der Waals surface area contributed by atoms with Gasteiger partial charge in [0.25, 0.3) is 5.91 Å². The van der Waals surface area contributed by atoms with E-state index in [2.05, 4.69) is 53.0 Å². The Morgan fingerprint density at radius 2 is 1.76 bits per heavy atom. The molecule has 10 nitrogen and oxygen atoms in total. The highest BCUT2D eigenvalue weighted by atomic mass is 19.4. The second kappa shape index (κ2) is 11.9. The van der Waals surface area contributed by atoms with Gasteiger partial charge in [-0.25, -0.2) is 24.9 Å². The number of nitrogens with one attached hydrogen (secondary N) is 3. The zero-order valence-electron chi connectivity index (χ0n) is 22.4. The van der Waals surface area contributed by atoms with Crippen molar-refractivity contribution in [3.05, 3.63) is 84.1 Å². The van der Waals surface area contributed by atoms with E-state index in [-0.39, 0.29) is 5.56 Å². The molecule has 4 aromatic rings. The van der Waals surface area contributed by atoms with Gasteiger partial charge < -0.3 is 21.0 Å². The molecule has 2 aromatic carbocycles. The number of hydrazine groups is 1. The largest absolute Gasteiger partial charge is 0.416 e. The van der Waals surface area contributed by atoms with Crippen LogP contribution in [0.3, 0.4) is 0 Å². The molecule has 5 rings (SSSR count). The van der Waals surface area contributed by atoms with Gasteiger partial charge in [-0.15, -0.1) is 0 Å². The van der Waals surface area contributed by atoms with Gasteiger partial charge in [0.2, 0.25) is 0 Å². The third-order valence-corrected chi connectivity index (χ3v) is 6.63. The van der Waals surface area contributed by atoms with Crippen LogP contribution >= 0.6 is 0 Å². The smallest absolute Gasteiger partial charge is 0.339 e. The summed E-state index contributed by atoms with van der Waals surface area (Å²) in [6.07, 6.45) is -0.0197. The van der Waals surface area contributed by atoms with Crippen molar-refractivity contribution < 1.29 is 18.0 Å². The van der Waals surface area contributed by atoms with Crippen LogP contribution in [0.25, 0.3) is 11.3 Å². The first kappa shape index (κ1) is 27.9. The van der Waals surface area contributed by atoms with Gasteiger partial charge in [-0.05, 0) is 49.9 Å². The first-order valence-electron chi connectivity index (χ1n) is 12.8. The van der Waals surface area contributed by atoms with Crippen LogP contribution in [0, 0.1) is 6.92 Å². The highest BCUT2D eigenvalue weighted by Gasteiger charge is 2.31. The zero-order chi connectivity index (χ0) is 29.0. The van der Waals surface area contributed by atoms with Crippen molar-refractivity contribution in [3.8, 4) is 11.3 Å². The van der Waals surface area contributed by atoms with Crippen LogP contribution in [0.4, 0.5) is 36.2 Å². The highest BCUT2D eigenvalue weighted by Crippen LogP contribution is 2.31. The Bertz CT molecular complexity index is 1540. The van der Waals surface area contributed by atoms with E-state index >= 15 is 0 Å². The lowest BCUT2D eigenvalue weighted by Gasteiger charge is -2.32. The van der Waals surface area contributed by atoms with Crippen LogP contribution < -0.4 is 16.1 Å². The van der Waals surface area contributed by atoms with E-state index in [9.17, 15) is 18.0 Å². The number of anilines is 4. The number of rotatable bonds is 7. The summed E-state index contributed by atoms with van der Waals surface area (Å²) < 4.78 is 39.3. The SMILES string of the molecule is Cc1ccc(NC(=O)c2cccc(C(F)(F)F)c2)cc1Nc1ncncc1-c1cc(NN2CCN(C)CC2)ncn1. The lowest BCUT2D eigenvalue weighted by molar-refractivity contribution is -0.137. The number of carbonyl (C=O) groups is 1.